The molecule has 4 nitrogen and oxygen atoms in total. The first kappa shape index (κ1) is 15.7. The van der Waals surface area contributed by atoms with Crippen molar-refractivity contribution in [2.24, 2.45) is 0 Å². The van der Waals surface area contributed by atoms with Crippen LogP contribution in [0.2, 0.25) is 0 Å². The average Bonchev–Trinajstić information content (AvgIpc) is 2.40. The summed E-state index contributed by atoms with van der Waals surface area (Å²) in [5.41, 5.74) is 1.33. The molecular weight excluding hydrogens is 238 g/mol. The minimum Gasteiger partial charge on any atom is -0.355 e. The third-order valence-electron chi connectivity index (χ3n) is 2.85. The van der Waals surface area contributed by atoms with E-state index in [1.807, 2.05) is 13.0 Å². The van der Waals surface area contributed by atoms with E-state index in [-0.39, 0.29) is 5.91 Å². The lowest BCUT2D eigenvalue weighted by Crippen LogP contribution is -2.34. The summed E-state index contributed by atoms with van der Waals surface area (Å²) in [5.74, 6) is 0.0696. The molecule has 0 atom stereocenters. The van der Waals surface area contributed by atoms with Gasteiger partial charge < -0.3 is 15.5 Å². The first-order valence-corrected chi connectivity index (χ1v) is 6.92. The average molecular weight is 263 g/mol. The van der Waals surface area contributed by atoms with Crippen LogP contribution in [0.3, 0.4) is 0 Å². The molecule has 106 valence electrons. The van der Waals surface area contributed by atoms with Gasteiger partial charge in [0, 0.05) is 13.1 Å². The number of benzene rings is 1. The number of amides is 1. The van der Waals surface area contributed by atoms with Gasteiger partial charge in [0.1, 0.15) is 0 Å². The summed E-state index contributed by atoms with van der Waals surface area (Å²) in [4.78, 5) is 13.5. The summed E-state index contributed by atoms with van der Waals surface area (Å²) >= 11 is 0. The molecule has 0 heterocycles. The number of nitrogens with one attached hydrogen (secondary N) is 2. The van der Waals surface area contributed by atoms with Gasteiger partial charge in [0.15, 0.2) is 0 Å². The normalized spacial score (nSPS) is 10.7. The Bertz CT molecular complexity index is 354. The molecule has 4 heteroatoms. The Balaban J connectivity index is 2.04. The van der Waals surface area contributed by atoms with Crippen molar-refractivity contribution in [2.45, 2.75) is 19.9 Å². The molecule has 0 saturated carbocycles. The second-order valence-corrected chi connectivity index (χ2v) is 4.71. The molecule has 2 N–H and O–H groups in total. The summed E-state index contributed by atoms with van der Waals surface area (Å²) in [7, 11) is 2.12. The highest BCUT2D eigenvalue weighted by Gasteiger charge is 2.01. The molecular formula is C15H25N3O. The zero-order valence-corrected chi connectivity index (χ0v) is 12.0. The van der Waals surface area contributed by atoms with Gasteiger partial charge in [0.05, 0.1) is 6.54 Å². The fourth-order valence-electron chi connectivity index (χ4n) is 1.91. The number of hydrogen-bond donors (Lipinski definition) is 2. The molecule has 1 aromatic carbocycles. The second kappa shape index (κ2) is 9.53. The Morgan fingerprint density at radius 3 is 2.68 bits per heavy atom. The van der Waals surface area contributed by atoms with E-state index >= 15 is 0 Å². The monoisotopic (exact) mass is 263 g/mol. The molecule has 0 saturated heterocycles. The highest BCUT2D eigenvalue weighted by molar-refractivity contribution is 5.77. The standard InChI is InChI=1S/C15H25N3O/c1-3-17-15(19)12-16-10-7-11-18(2)13-14-8-5-4-6-9-14/h4-6,8-9,16H,3,7,10-13H2,1-2H3,(H,17,19). The van der Waals surface area contributed by atoms with E-state index in [2.05, 4.69) is 46.8 Å². The van der Waals surface area contributed by atoms with Crippen LogP contribution in [-0.2, 0) is 11.3 Å². The highest BCUT2D eigenvalue weighted by Crippen LogP contribution is 2.02. The molecule has 0 aliphatic rings. The molecule has 0 unspecified atom stereocenters. The number of carbonyl (C=O) groups is 1. The quantitative estimate of drug-likeness (QED) is 0.659. The summed E-state index contributed by atoms with van der Waals surface area (Å²) in [6.07, 6.45) is 1.04. The van der Waals surface area contributed by atoms with Gasteiger partial charge >= 0.3 is 0 Å². The van der Waals surface area contributed by atoms with Crippen molar-refractivity contribution in [3.05, 3.63) is 35.9 Å². The summed E-state index contributed by atoms with van der Waals surface area (Å²) < 4.78 is 0. The van der Waals surface area contributed by atoms with Crippen LogP contribution in [0, 0.1) is 0 Å². The number of carbonyl (C=O) groups excluding carboxylic acids is 1. The van der Waals surface area contributed by atoms with Crippen LogP contribution in [0.25, 0.3) is 0 Å². The second-order valence-electron chi connectivity index (χ2n) is 4.71. The van der Waals surface area contributed by atoms with Crippen LogP contribution in [0.1, 0.15) is 18.9 Å². The maximum atomic E-state index is 11.2. The van der Waals surface area contributed by atoms with Crippen LogP contribution >= 0.6 is 0 Å². The lowest BCUT2D eigenvalue weighted by molar-refractivity contribution is -0.120. The van der Waals surface area contributed by atoms with Crippen molar-refractivity contribution in [2.75, 3.05) is 33.2 Å². The molecule has 0 fully saturated rings. The summed E-state index contributed by atoms with van der Waals surface area (Å²) in [5, 5.41) is 5.92. The molecule has 0 aliphatic heterocycles. The lowest BCUT2D eigenvalue weighted by Gasteiger charge is -2.16. The van der Waals surface area contributed by atoms with Crippen molar-refractivity contribution in [3.63, 3.8) is 0 Å². The molecule has 0 aromatic heterocycles. The summed E-state index contributed by atoms with van der Waals surface area (Å²) in [6.45, 7) is 5.90. The Kier molecular flexibility index (Phi) is 7.86. The molecule has 0 aliphatic carbocycles. The smallest absolute Gasteiger partial charge is 0.233 e. The van der Waals surface area contributed by atoms with E-state index in [4.69, 9.17) is 0 Å². The molecule has 19 heavy (non-hydrogen) atoms. The van der Waals surface area contributed by atoms with Crippen molar-refractivity contribution >= 4 is 5.91 Å². The molecule has 0 radical (unpaired) electrons. The predicted molar refractivity (Wildman–Crippen MR) is 78.9 cm³/mol. The first-order chi connectivity index (χ1) is 9.22. The van der Waals surface area contributed by atoms with Crippen molar-refractivity contribution < 1.29 is 4.79 Å². The van der Waals surface area contributed by atoms with E-state index in [9.17, 15) is 4.79 Å². The number of nitrogens with zero attached hydrogens (tertiary/aromatic N) is 1. The molecule has 1 rings (SSSR count). The van der Waals surface area contributed by atoms with Crippen LogP contribution in [0.5, 0.6) is 0 Å². The lowest BCUT2D eigenvalue weighted by atomic mass is 10.2. The molecule has 0 spiro atoms. The van der Waals surface area contributed by atoms with E-state index in [0.29, 0.717) is 13.1 Å². The zero-order chi connectivity index (χ0) is 13.9. The molecule has 0 bridgehead atoms. The van der Waals surface area contributed by atoms with E-state index < -0.39 is 0 Å². The molecule has 1 aromatic rings. The summed E-state index contributed by atoms with van der Waals surface area (Å²) in [6, 6.07) is 10.5. The van der Waals surface area contributed by atoms with Gasteiger partial charge in [-0.2, -0.15) is 0 Å². The fourth-order valence-corrected chi connectivity index (χ4v) is 1.91. The van der Waals surface area contributed by atoms with E-state index in [0.717, 1.165) is 26.1 Å². The van der Waals surface area contributed by atoms with Gasteiger partial charge in [-0.15, -0.1) is 0 Å². The number of rotatable bonds is 9. The SMILES string of the molecule is CCNC(=O)CNCCCN(C)Cc1ccccc1. The highest BCUT2D eigenvalue weighted by atomic mass is 16.1. The first-order valence-electron chi connectivity index (χ1n) is 6.92. The fraction of sp³-hybridized carbons (Fsp3) is 0.533. The number of likely N-dealkylation sites (N-methyl/N-ethyl adjacent to an activating group) is 1. The third kappa shape index (κ3) is 7.59. The third-order valence-corrected chi connectivity index (χ3v) is 2.85. The van der Waals surface area contributed by atoms with Gasteiger partial charge in [0.25, 0.3) is 0 Å². The largest absolute Gasteiger partial charge is 0.355 e. The van der Waals surface area contributed by atoms with E-state index in [1.54, 1.807) is 0 Å². The minimum atomic E-state index is 0.0696. The maximum absolute atomic E-state index is 11.2. The minimum absolute atomic E-state index is 0.0696. The van der Waals surface area contributed by atoms with Crippen LogP contribution in [0.15, 0.2) is 30.3 Å². The van der Waals surface area contributed by atoms with Crippen LogP contribution in [-0.4, -0.2) is 44.0 Å². The van der Waals surface area contributed by atoms with Crippen LogP contribution < -0.4 is 10.6 Å². The number of hydrogen-bond acceptors (Lipinski definition) is 3. The molecule has 1 amide bonds. The van der Waals surface area contributed by atoms with Gasteiger partial charge in [-0.1, -0.05) is 30.3 Å². The maximum Gasteiger partial charge on any atom is 0.233 e. The van der Waals surface area contributed by atoms with Crippen molar-refractivity contribution in [3.8, 4) is 0 Å². The van der Waals surface area contributed by atoms with Crippen molar-refractivity contribution in [1.82, 2.24) is 15.5 Å². The Labute approximate surface area is 116 Å². The Morgan fingerprint density at radius 2 is 2.00 bits per heavy atom. The van der Waals surface area contributed by atoms with Gasteiger partial charge in [-0.3, -0.25) is 4.79 Å². The Morgan fingerprint density at radius 1 is 1.26 bits per heavy atom. The van der Waals surface area contributed by atoms with Gasteiger partial charge in [-0.05, 0) is 39.0 Å². The predicted octanol–water partition coefficient (Wildman–Crippen LogP) is 1.23. The van der Waals surface area contributed by atoms with Crippen molar-refractivity contribution in [1.29, 1.82) is 0 Å². The topological polar surface area (TPSA) is 44.4 Å². The zero-order valence-electron chi connectivity index (χ0n) is 12.0. The van der Waals surface area contributed by atoms with Crippen LogP contribution in [0.4, 0.5) is 0 Å². The van der Waals surface area contributed by atoms with Gasteiger partial charge in [-0.25, -0.2) is 0 Å². The van der Waals surface area contributed by atoms with E-state index in [1.165, 1.54) is 5.56 Å². The Hall–Kier alpha value is -1.39. The van der Waals surface area contributed by atoms with Gasteiger partial charge in [0.2, 0.25) is 5.91 Å².